The average molecular weight is 578 g/mol. The molecule has 0 unspecified atom stereocenters. The second kappa shape index (κ2) is 10.3. The van der Waals surface area contributed by atoms with Gasteiger partial charge in [0.25, 0.3) is 0 Å². The van der Waals surface area contributed by atoms with Crippen LogP contribution in [0.3, 0.4) is 0 Å². The summed E-state index contributed by atoms with van der Waals surface area (Å²) in [4.78, 5) is 5.56. The highest BCUT2D eigenvalue weighted by atomic mass is 28.4. The molecule has 3 heterocycles. The molecule has 1 fully saturated rings. The van der Waals surface area contributed by atoms with E-state index in [2.05, 4.69) is 107 Å². The summed E-state index contributed by atoms with van der Waals surface area (Å²) in [6.07, 6.45) is 3.64. The molecule has 1 spiro atoms. The Morgan fingerprint density at radius 1 is 0.951 bits per heavy atom. The molecule has 0 radical (unpaired) electrons. The smallest absolute Gasteiger partial charge is 0.192 e. The molecule has 0 bridgehead atoms. The second-order valence-electron chi connectivity index (χ2n) is 16.7. The van der Waals surface area contributed by atoms with Crippen molar-refractivity contribution >= 4 is 8.32 Å². The molecule has 5 heteroatoms. The molecule has 2 aromatic rings. The minimum absolute atomic E-state index is 0.0300. The summed E-state index contributed by atoms with van der Waals surface area (Å²) in [6.45, 7) is 29.5. The van der Waals surface area contributed by atoms with E-state index in [9.17, 15) is 0 Å². The maximum Gasteiger partial charge on any atom is 0.192 e. The van der Waals surface area contributed by atoms with Gasteiger partial charge in [-0.25, -0.2) is 0 Å². The molecular formula is C36H55NO3Si. The van der Waals surface area contributed by atoms with Crippen LogP contribution in [-0.4, -0.2) is 26.5 Å². The summed E-state index contributed by atoms with van der Waals surface area (Å²) >= 11 is 0. The van der Waals surface area contributed by atoms with Crippen LogP contribution in [0.4, 0.5) is 0 Å². The molecule has 4 nitrogen and oxygen atoms in total. The van der Waals surface area contributed by atoms with Crippen LogP contribution >= 0.6 is 0 Å². The molecule has 1 aromatic heterocycles. The first kappa shape index (κ1) is 30.9. The minimum atomic E-state index is -2.05. The number of fused-ring (bicyclic) bond motifs is 4. The van der Waals surface area contributed by atoms with Crippen LogP contribution in [0.2, 0.25) is 18.1 Å². The lowest BCUT2D eigenvalue weighted by atomic mass is 9.70. The van der Waals surface area contributed by atoms with Crippen molar-refractivity contribution < 1.29 is 13.9 Å². The van der Waals surface area contributed by atoms with Crippen molar-refractivity contribution in [2.24, 2.45) is 5.41 Å². The summed E-state index contributed by atoms with van der Waals surface area (Å²) in [5.74, 6) is 0.300. The number of nitrogens with zero attached hydrogens (tertiary/aromatic N) is 1. The van der Waals surface area contributed by atoms with Crippen molar-refractivity contribution in [3.63, 3.8) is 0 Å². The van der Waals surface area contributed by atoms with Gasteiger partial charge in [-0.15, -0.1) is 0 Å². The van der Waals surface area contributed by atoms with Crippen LogP contribution in [0, 0.1) is 5.41 Å². The summed E-state index contributed by atoms with van der Waals surface area (Å²) < 4.78 is 20.7. The fraction of sp³-hybridized carbons (Fsp3) is 0.694. The lowest BCUT2D eigenvalue weighted by Gasteiger charge is -2.46. The molecule has 2 atom stereocenters. The van der Waals surface area contributed by atoms with E-state index in [4.69, 9.17) is 18.9 Å². The molecule has 226 valence electrons. The normalized spacial score (nSPS) is 24.0. The molecular weight excluding hydrogens is 522 g/mol. The maximum atomic E-state index is 7.37. The number of aromatic nitrogens is 1. The first-order valence-corrected chi connectivity index (χ1v) is 18.9. The van der Waals surface area contributed by atoms with E-state index in [1.54, 1.807) is 0 Å². The lowest BCUT2D eigenvalue weighted by molar-refractivity contribution is -0.122. The Kier molecular flexibility index (Phi) is 7.75. The lowest BCUT2D eigenvalue weighted by Crippen LogP contribution is -2.45. The van der Waals surface area contributed by atoms with Gasteiger partial charge in [-0.05, 0) is 64.4 Å². The summed E-state index contributed by atoms with van der Waals surface area (Å²) in [5, 5.41) is 0.132. The number of ether oxygens (including phenoxy) is 2. The van der Waals surface area contributed by atoms with Gasteiger partial charge in [0.1, 0.15) is 6.10 Å². The van der Waals surface area contributed by atoms with Crippen LogP contribution in [0.15, 0.2) is 24.3 Å². The zero-order valence-electron chi connectivity index (χ0n) is 28.0. The Balaban J connectivity index is 1.76. The monoisotopic (exact) mass is 577 g/mol. The fourth-order valence-electron chi connectivity index (χ4n) is 6.93. The zero-order valence-corrected chi connectivity index (χ0v) is 29.0. The highest BCUT2D eigenvalue weighted by Crippen LogP contribution is 2.59. The van der Waals surface area contributed by atoms with Gasteiger partial charge in [0.15, 0.2) is 8.32 Å². The number of rotatable bonds is 4. The van der Waals surface area contributed by atoms with Crippen molar-refractivity contribution in [3.05, 3.63) is 63.5 Å². The van der Waals surface area contributed by atoms with E-state index in [0.29, 0.717) is 5.92 Å². The molecule has 2 aliphatic heterocycles. The van der Waals surface area contributed by atoms with E-state index in [0.717, 1.165) is 38.9 Å². The third-order valence-electron chi connectivity index (χ3n) is 10.3. The number of benzene rings is 1. The standard InChI is InChI=1S/C36H55NO3Si/c1-23(2)31-29-30(28-26(37-31)21-35(9,10)22-27(28)40-41(11,12)34(6,7)8)36(17-19-38-20-18-36)39-32(29)24-13-15-25(16-14-24)33(3,4)5/h13-16,23,27,32H,17-22H2,1-12H3/t27-,32+/m0/s1. The highest BCUT2D eigenvalue weighted by molar-refractivity contribution is 6.74. The van der Waals surface area contributed by atoms with Crippen LogP contribution in [-0.2, 0) is 31.3 Å². The summed E-state index contributed by atoms with van der Waals surface area (Å²) in [6, 6.07) is 9.17. The first-order chi connectivity index (χ1) is 18.9. The molecule has 0 amide bonds. The average Bonchev–Trinajstić information content (AvgIpc) is 3.15. The Hall–Kier alpha value is -1.53. The van der Waals surface area contributed by atoms with Crippen molar-refractivity contribution in [2.75, 3.05) is 13.2 Å². The predicted octanol–water partition coefficient (Wildman–Crippen LogP) is 9.66. The van der Waals surface area contributed by atoms with Crippen molar-refractivity contribution in [2.45, 2.75) is 142 Å². The van der Waals surface area contributed by atoms with Crippen LogP contribution in [0.5, 0.6) is 0 Å². The number of pyridine rings is 1. The largest absolute Gasteiger partial charge is 0.410 e. The van der Waals surface area contributed by atoms with Gasteiger partial charge in [-0.1, -0.05) is 93.5 Å². The van der Waals surface area contributed by atoms with Gasteiger partial charge in [0.05, 0.1) is 11.7 Å². The summed E-state index contributed by atoms with van der Waals surface area (Å²) in [5.41, 5.74) is 8.95. The Morgan fingerprint density at radius 3 is 2.10 bits per heavy atom. The molecule has 5 rings (SSSR count). The topological polar surface area (TPSA) is 40.6 Å². The molecule has 0 N–H and O–H groups in total. The van der Waals surface area contributed by atoms with Gasteiger partial charge < -0.3 is 13.9 Å². The first-order valence-electron chi connectivity index (χ1n) is 16.0. The Labute approximate surface area is 251 Å². The van der Waals surface area contributed by atoms with Gasteiger partial charge in [-0.2, -0.15) is 0 Å². The Morgan fingerprint density at radius 2 is 1.56 bits per heavy atom. The van der Waals surface area contributed by atoms with Gasteiger partial charge >= 0.3 is 0 Å². The van der Waals surface area contributed by atoms with Gasteiger partial charge in [0.2, 0.25) is 0 Å². The van der Waals surface area contributed by atoms with E-state index in [1.165, 1.54) is 39.2 Å². The van der Waals surface area contributed by atoms with Crippen LogP contribution < -0.4 is 0 Å². The van der Waals surface area contributed by atoms with E-state index in [1.807, 2.05) is 0 Å². The summed E-state index contributed by atoms with van der Waals surface area (Å²) in [7, 11) is -2.05. The van der Waals surface area contributed by atoms with Crippen molar-refractivity contribution in [1.29, 1.82) is 0 Å². The third-order valence-corrected chi connectivity index (χ3v) is 14.8. The van der Waals surface area contributed by atoms with E-state index in [-0.39, 0.29) is 33.7 Å². The molecule has 1 aliphatic carbocycles. The second-order valence-corrected chi connectivity index (χ2v) is 21.4. The number of hydrogen-bond donors (Lipinski definition) is 0. The van der Waals surface area contributed by atoms with Crippen molar-refractivity contribution in [1.82, 2.24) is 4.98 Å². The van der Waals surface area contributed by atoms with Crippen LogP contribution in [0.25, 0.3) is 0 Å². The minimum Gasteiger partial charge on any atom is -0.410 e. The highest BCUT2D eigenvalue weighted by Gasteiger charge is 2.53. The predicted molar refractivity (Wildman–Crippen MR) is 171 cm³/mol. The molecule has 3 aliphatic rings. The maximum absolute atomic E-state index is 7.37. The van der Waals surface area contributed by atoms with Gasteiger partial charge in [-0.3, -0.25) is 4.98 Å². The SMILES string of the molecule is CC(C)c1nc2c(c3c1[C@@H](c1ccc(C(C)(C)C)cc1)OC31CCOCC1)[C@@H](O[Si](C)(C)C(C)(C)C)CC(C)(C)C2. The molecule has 41 heavy (non-hydrogen) atoms. The van der Waals surface area contributed by atoms with Crippen LogP contribution in [0.1, 0.15) is 146 Å². The fourth-order valence-corrected chi connectivity index (χ4v) is 8.19. The zero-order chi connectivity index (χ0) is 30.2. The van der Waals surface area contributed by atoms with E-state index >= 15 is 0 Å². The Bertz CT molecular complexity index is 1270. The van der Waals surface area contributed by atoms with Gasteiger partial charge in [0, 0.05) is 48.6 Å². The third kappa shape index (κ3) is 5.61. The van der Waals surface area contributed by atoms with E-state index < -0.39 is 8.32 Å². The number of hydrogen-bond acceptors (Lipinski definition) is 4. The quantitative estimate of drug-likeness (QED) is 0.339. The van der Waals surface area contributed by atoms with Crippen molar-refractivity contribution in [3.8, 4) is 0 Å². The molecule has 0 saturated carbocycles. The molecule has 1 saturated heterocycles. The molecule has 1 aromatic carbocycles.